The summed E-state index contributed by atoms with van der Waals surface area (Å²) in [5, 5.41) is 0.444. The van der Waals surface area contributed by atoms with Crippen LogP contribution in [0.15, 0.2) is 53.4 Å². The molecule has 1 aliphatic heterocycles. The molecule has 0 aromatic heterocycles. The summed E-state index contributed by atoms with van der Waals surface area (Å²) in [4.78, 5) is 14.2. The van der Waals surface area contributed by atoms with E-state index >= 15 is 0 Å². The fourth-order valence-electron chi connectivity index (χ4n) is 2.85. The minimum absolute atomic E-state index is 0.0366. The SMILES string of the molecule is O=C(c1ccc(OC(F)F)cc1)N1CCN(S(=O)(=O)c2ccc(Cl)cc2)CC1. The normalized spacial score (nSPS) is 15.6. The van der Waals surface area contributed by atoms with Gasteiger partial charge in [0.05, 0.1) is 4.90 Å². The van der Waals surface area contributed by atoms with Gasteiger partial charge in [0.15, 0.2) is 0 Å². The molecule has 0 spiro atoms. The third-order valence-electron chi connectivity index (χ3n) is 4.30. The van der Waals surface area contributed by atoms with Crippen LogP contribution in [0.3, 0.4) is 0 Å². The van der Waals surface area contributed by atoms with Gasteiger partial charge in [-0.2, -0.15) is 13.1 Å². The number of benzene rings is 2. The molecule has 10 heteroatoms. The van der Waals surface area contributed by atoms with Crippen LogP contribution in [0.25, 0.3) is 0 Å². The van der Waals surface area contributed by atoms with Crippen LogP contribution in [-0.4, -0.2) is 56.3 Å². The second-order valence-electron chi connectivity index (χ2n) is 6.05. The Morgan fingerprint density at radius 3 is 2.07 bits per heavy atom. The molecule has 28 heavy (non-hydrogen) atoms. The van der Waals surface area contributed by atoms with Crippen LogP contribution in [0, 0.1) is 0 Å². The Bertz CT molecular complexity index is 929. The highest BCUT2D eigenvalue weighted by molar-refractivity contribution is 7.89. The number of hydrogen-bond acceptors (Lipinski definition) is 4. The molecule has 0 saturated carbocycles. The molecule has 1 aliphatic rings. The zero-order valence-corrected chi connectivity index (χ0v) is 16.2. The molecule has 0 bridgehead atoms. The van der Waals surface area contributed by atoms with E-state index < -0.39 is 16.6 Å². The van der Waals surface area contributed by atoms with Gasteiger partial charge in [0.2, 0.25) is 10.0 Å². The lowest BCUT2D eigenvalue weighted by Gasteiger charge is -2.34. The predicted molar refractivity (Wildman–Crippen MR) is 99.2 cm³/mol. The van der Waals surface area contributed by atoms with Gasteiger partial charge in [-0.3, -0.25) is 4.79 Å². The Morgan fingerprint density at radius 2 is 1.54 bits per heavy atom. The number of ether oxygens (including phenoxy) is 1. The van der Waals surface area contributed by atoms with E-state index in [2.05, 4.69) is 4.74 Å². The molecule has 1 heterocycles. The number of rotatable bonds is 5. The van der Waals surface area contributed by atoms with Crippen LogP contribution in [0.5, 0.6) is 5.75 Å². The number of halogens is 3. The van der Waals surface area contributed by atoms with E-state index in [1.807, 2.05) is 0 Å². The molecule has 1 fully saturated rings. The second kappa shape index (κ2) is 8.42. The molecule has 1 amide bonds. The van der Waals surface area contributed by atoms with Crippen molar-refractivity contribution in [3.05, 3.63) is 59.1 Å². The molecule has 2 aromatic carbocycles. The summed E-state index contributed by atoms with van der Waals surface area (Å²) < 4.78 is 55.3. The van der Waals surface area contributed by atoms with E-state index in [-0.39, 0.29) is 42.7 Å². The van der Waals surface area contributed by atoms with Crippen LogP contribution in [-0.2, 0) is 10.0 Å². The first-order chi connectivity index (χ1) is 13.3. The molecule has 1 saturated heterocycles. The van der Waals surface area contributed by atoms with Gasteiger partial charge in [0.25, 0.3) is 5.91 Å². The number of piperazine rings is 1. The fraction of sp³-hybridized carbons (Fsp3) is 0.278. The highest BCUT2D eigenvalue weighted by atomic mass is 35.5. The van der Waals surface area contributed by atoms with Crippen molar-refractivity contribution in [1.29, 1.82) is 0 Å². The third kappa shape index (κ3) is 4.60. The lowest BCUT2D eigenvalue weighted by atomic mass is 10.2. The zero-order valence-electron chi connectivity index (χ0n) is 14.6. The van der Waals surface area contributed by atoms with Crippen molar-refractivity contribution in [3.8, 4) is 5.75 Å². The van der Waals surface area contributed by atoms with Crippen molar-refractivity contribution in [2.75, 3.05) is 26.2 Å². The molecular formula is C18H17ClF2N2O4S. The molecule has 150 valence electrons. The van der Waals surface area contributed by atoms with Crippen LogP contribution < -0.4 is 4.74 Å². The second-order valence-corrected chi connectivity index (χ2v) is 8.43. The van der Waals surface area contributed by atoms with Crippen LogP contribution in [0.1, 0.15) is 10.4 Å². The van der Waals surface area contributed by atoms with Crippen molar-refractivity contribution in [2.45, 2.75) is 11.5 Å². The number of amides is 1. The maximum atomic E-state index is 12.7. The van der Waals surface area contributed by atoms with E-state index in [1.165, 1.54) is 57.7 Å². The fourth-order valence-corrected chi connectivity index (χ4v) is 4.40. The highest BCUT2D eigenvalue weighted by Gasteiger charge is 2.30. The van der Waals surface area contributed by atoms with Crippen molar-refractivity contribution in [2.24, 2.45) is 0 Å². The van der Waals surface area contributed by atoms with Crippen molar-refractivity contribution in [3.63, 3.8) is 0 Å². The third-order valence-corrected chi connectivity index (χ3v) is 6.47. The van der Waals surface area contributed by atoms with Gasteiger partial charge in [0, 0.05) is 36.8 Å². The minimum Gasteiger partial charge on any atom is -0.435 e. The van der Waals surface area contributed by atoms with Gasteiger partial charge in [-0.05, 0) is 48.5 Å². The Morgan fingerprint density at radius 1 is 0.964 bits per heavy atom. The molecule has 0 N–H and O–H groups in total. The molecule has 0 unspecified atom stereocenters. The highest BCUT2D eigenvalue weighted by Crippen LogP contribution is 2.21. The van der Waals surface area contributed by atoms with E-state index in [0.29, 0.717) is 10.6 Å². The average molecular weight is 431 g/mol. The summed E-state index contributed by atoms with van der Waals surface area (Å²) in [6.45, 7) is -2.17. The van der Waals surface area contributed by atoms with E-state index in [4.69, 9.17) is 11.6 Å². The molecular weight excluding hydrogens is 414 g/mol. The topological polar surface area (TPSA) is 66.9 Å². The van der Waals surface area contributed by atoms with Crippen molar-refractivity contribution >= 4 is 27.5 Å². The predicted octanol–water partition coefficient (Wildman–Crippen LogP) is 3.09. The first kappa shape index (κ1) is 20.5. The maximum absolute atomic E-state index is 12.7. The van der Waals surface area contributed by atoms with Crippen molar-refractivity contribution in [1.82, 2.24) is 9.21 Å². The number of sulfonamides is 1. The monoisotopic (exact) mass is 430 g/mol. The van der Waals surface area contributed by atoms with E-state index in [1.54, 1.807) is 0 Å². The number of alkyl halides is 2. The Kier molecular flexibility index (Phi) is 6.17. The molecule has 0 atom stereocenters. The maximum Gasteiger partial charge on any atom is 0.387 e. The quantitative estimate of drug-likeness (QED) is 0.731. The summed E-state index contributed by atoms with van der Waals surface area (Å²) in [6.07, 6.45) is 0. The summed E-state index contributed by atoms with van der Waals surface area (Å²) in [5.74, 6) is -0.336. The number of carbonyl (C=O) groups excluding carboxylic acids is 1. The summed E-state index contributed by atoms with van der Waals surface area (Å²) in [5.41, 5.74) is 0.315. The minimum atomic E-state index is -3.66. The number of hydrogen-bond donors (Lipinski definition) is 0. The lowest BCUT2D eigenvalue weighted by Crippen LogP contribution is -2.50. The van der Waals surface area contributed by atoms with Gasteiger partial charge in [-0.1, -0.05) is 11.6 Å². The standard InChI is InChI=1S/C18H17ClF2N2O4S/c19-14-3-7-16(8-4-14)28(25,26)23-11-9-22(10-12-23)17(24)13-1-5-15(6-2-13)27-18(20)21/h1-8,18H,9-12H2. The molecule has 0 radical (unpaired) electrons. The van der Waals surface area contributed by atoms with Gasteiger partial charge in [-0.25, -0.2) is 8.42 Å². The summed E-state index contributed by atoms with van der Waals surface area (Å²) in [6, 6.07) is 11.3. The largest absolute Gasteiger partial charge is 0.435 e. The molecule has 6 nitrogen and oxygen atoms in total. The summed E-state index contributed by atoms with van der Waals surface area (Å²) in [7, 11) is -3.66. The Hall–Kier alpha value is -2.23. The van der Waals surface area contributed by atoms with Crippen LogP contribution in [0.4, 0.5) is 8.78 Å². The molecule has 3 rings (SSSR count). The van der Waals surface area contributed by atoms with Gasteiger partial charge in [0.1, 0.15) is 5.75 Å². The van der Waals surface area contributed by atoms with Crippen molar-refractivity contribution < 1.29 is 26.7 Å². The molecule has 0 aliphatic carbocycles. The first-order valence-corrected chi connectivity index (χ1v) is 10.2. The number of nitrogens with zero attached hydrogens (tertiary/aromatic N) is 2. The van der Waals surface area contributed by atoms with E-state index in [9.17, 15) is 22.0 Å². The smallest absolute Gasteiger partial charge is 0.387 e. The van der Waals surface area contributed by atoms with Gasteiger partial charge in [-0.15, -0.1) is 0 Å². The van der Waals surface area contributed by atoms with E-state index in [0.717, 1.165) is 0 Å². The van der Waals surface area contributed by atoms with Crippen LogP contribution in [0.2, 0.25) is 5.02 Å². The Labute approximate surface area is 166 Å². The van der Waals surface area contributed by atoms with Crippen LogP contribution >= 0.6 is 11.6 Å². The first-order valence-electron chi connectivity index (χ1n) is 8.37. The lowest BCUT2D eigenvalue weighted by molar-refractivity contribution is -0.0498. The average Bonchev–Trinajstić information content (AvgIpc) is 2.68. The van der Waals surface area contributed by atoms with Gasteiger partial charge < -0.3 is 9.64 Å². The Balaban J connectivity index is 1.63. The van der Waals surface area contributed by atoms with Gasteiger partial charge >= 0.3 is 6.61 Å². The summed E-state index contributed by atoms with van der Waals surface area (Å²) >= 11 is 5.80. The zero-order chi connectivity index (χ0) is 20.3. The number of carbonyl (C=O) groups is 1. The molecule has 2 aromatic rings.